The molecule has 48 valence electrons. The number of hydrogen-bond donors (Lipinski definition) is 1. The average molecular weight is 189 g/mol. The van der Waals surface area contributed by atoms with Gasteiger partial charge in [-0.15, -0.1) is 0 Å². The van der Waals surface area contributed by atoms with Crippen molar-refractivity contribution in [1.29, 1.82) is 0 Å². The van der Waals surface area contributed by atoms with E-state index in [-0.39, 0.29) is 5.78 Å². The molecule has 0 saturated carbocycles. The molecule has 0 amide bonds. The summed E-state index contributed by atoms with van der Waals surface area (Å²) in [7, 11) is 0. The van der Waals surface area contributed by atoms with E-state index in [4.69, 9.17) is 5.73 Å². The summed E-state index contributed by atoms with van der Waals surface area (Å²) in [6, 6.07) is -0.565. The highest BCUT2D eigenvalue weighted by atomic mass is 79.9. The van der Waals surface area contributed by atoms with Crippen LogP contribution in [0.5, 0.6) is 0 Å². The predicted octanol–water partition coefficient (Wildman–Crippen LogP) is 0.204. The van der Waals surface area contributed by atoms with Gasteiger partial charge in [-0.25, -0.2) is 0 Å². The first kappa shape index (κ1) is 6.64. The van der Waals surface area contributed by atoms with Gasteiger partial charge in [0.25, 0.3) is 0 Å². The SMILES string of the molecule is NC1C=NC=C(Br)C1=O. The number of rotatable bonds is 0. The molecular formula is C5H5BrN2O. The van der Waals surface area contributed by atoms with Crippen molar-refractivity contribution in [3.8, 4) is 0 Å². The largest absolute Gasteiger partial charge is 0.317 e. The van der Waals surface area contributed by atoms with Crippen molar-refractivity contribution in [3.05, 3.63) is 10.7 Å². The molecule has 1 unspecified atom stereocenters. The van der Waals surface area contributed by atoms with Crippen LogP contribution in [0.3, 0.4) is 0 Å². The van der Waals surface area contributed by atoms with Gasteiger partial charge in [0.2, 0.25) is 0 Å². The monoisotopic (exact) mass is 188 g/mol. The Labute approximate surface area is 60.8 Å². The summed E-state index contributed by atoms with van der Waals surface area (Å²) in [5.74, 6) is -0.120. The summed E-state index contributed by atoms with van der Waals surface area (Å²) in [5.41, 5.74) is 5.30. The molecule has 1 aliphatic rings. The van der Waals surface area contributed by atoms with E-state index >= 15 is 0 Å². The molecular weight excluding hydrogens is 184 g/mol. The summed E-state index contributed by atoms with van der Waals surface area (Å²) in [4.78, 5) is 14.5. The Morgan fingerprint density at radius 3 is 2.89 bits per heavy atom. The summed E-state index contributed by atoms with van der Waals surface area (Å²) in [5, 5.41) is 0. The van der Waals surface area contributed by atoms with Crippen molar-refractivity contribution < 1.29 is 4.79 Å². The van der Waals surface area contributed by atoms with Crippen molar-refractivity contribution in [2.24, 2.45) is 10.7 Å². The standard InChI is InChI=1S/C5H5BrN2O/c6-3-1-8-2-4(7)5(3)9/h1-2,4H,7H2. The zero-order chi connectivity index (χ0) is 6.85. The van der Waals surface area contributed by atoms with Crippen LogP contribution < -0.4 is 5.73 Å². The summed E-state index contributed by atoms with van der Waals surface area (Å²) >= 11 is 3.01. The number of nitrogens with zero attached hydrogens (tertiary/aromatic N) is 1. The van der Waals surface area contributed by atoms with E-state index in [2.05, 4.69) is 20.9 Å². The molecule has 9 heavy (non-hydrogen) atoms. The van der Waals surface area contributed by atoms with E-state index in [0.29, 0.717) is 4.48 Å². The van der Waals surface area contributed by atoms with Crippen LogP contribution in [-0.4, -0.2) is 18.0 Å². The van der Waals surface area contributed by atoms with Crippen LogP contribution in [0.1, 0.15) is 0 Å². The van der Waals surface area contributed by atoms with Crippen LogP contribution in [0, 0.1) is 0 Å². The zero-order valence-electron chi connectivity index (χ0n) is 4.54. The number of Topliss-reactive ketones (excluding diaryl/α,β-unsaturated/α-hetero) is 1. The van der Waals surface area contributed by atoms with Crippen molar-refractivity contribution in [1.82, 2.24) is 0 Å². The summed E-state index contributed by atoms with van der Waals surface area (Å²) in [6.07, 6.45) is 2.85. The topological polar surface area (TPSA) is 55.4 Å². The highest BCUT2D eigenvalue weighted by molar-refractivity contribution is 9.12. The van der Waals surface area contributed by atoms with E-state index in [9.17, 15) is 4.79 Å². The molecule has 0 aromatic carbocycles. The van der Waals surface area contributed by atoms with Gasteiger partial charge in [0.05, 0.1) is 4.48 Å². The van der Waals surface area contributed by atoms with Crippen molar-refractivity contribution >= 4 is 27.9 Å². The van der Waals surface area contributed by atoms with Crippen LogP contribution in [0.4, 0.5) is 0 Å². The molecule has 0 spiro atoms. The first-order valence-corrected chi connectivity index (χ1v) is 3.20. The molecule has 1 rings (SSSR count). The Morgan fingerprint density at radius 1 is 1.78 bits per heavy atom. The Balaban J connectivity index is 2.86. The zero-order valence-corrected chi connectivity index (χ0v) is 6.13. The third-order valence-corrected chi connectivity index (χ3v) is 1.57. The Morgan fingerprint density at radius 2 is 2.44 bits per heavy atom. The lowest BCUT2D eigenvalue weighted by Crippen LogP contribution is -2.33. The van der Waals surface area contributed by atoms with Crippen LogP contribution in [0.15, 0.2) is 15.7 Å². The third-order valence-electron chi connectivity index (χ3n) is 0.973. The first-order chi connectivity index (χ1) is 4.22. The second-order valence-corrected chi connectivity index (χ2v) is 2.52. The molecule has 1 atom stereocenters. The van der Waals surface area contributed by atoms with E-state index in [1.165, 1.54) is 12.4 Å². The van der Waals surface area contributed by atoms with Crippen LogP contribution >= 0.6 is 15.9 Å². The normalized spacial score (nSPS) is 26.2. The number of nitrogens with two attached hydrogens (primary N) is 1. The highest BCUT2D eigenvalue weighted by Crippen LogP contribution is 2.10. The molecule has 1 aliphatic heterocycles. The molecule has 0 fully saturated rings. The number of carbonyl (C=O) groups excluding carboxylic acids is 1. The molecule has 0 bridgehead atoms. The maximum Gasteiger partial charge on any atom is 0.193 e. The Kier molecular flexibility index (Phi) is 1.78. The number of halogens is 1. The maximum absolute atomic E-state index is 10.8. The van der Waals surface area contributed by atoms with Crippen molar-refractivity contribution in [2.45, 2.75) is 6.04 Å². The lowest BCUT2D eigenvalue weighted by atomic mass is 10.2. The minimum Gasteiger partial charge on any atom is -0.317 e. The molecule has 0 aromatic heterocycles. The van der Waals surface area contributed by atoms with Gasteiger partial charge in [-0.2, -0.15) is 0 Å². The Bertz CT molecular complexity index is 197. The summed E-state index contributed by atoms with van der Waals surface area (Å²) < 4.78 is 0.442. The van der Waals surface area contributed by atoms with Gasteiger partial charge in [-0.1, -0.05) is 0 Å². The van der Waals surface area contributed by atoms with Crippen LogP contribution in [0.2, 0.25) is 0 Å². The number of hydrogen-bond acceptors (Lipinski definition) is 3. The fourth-order valence-electron chi connectivity index (χ4n) is 0.492. The molecule has 0 aromatic rings. The van der Waals surface area contributed by atoms with E-state index < -0.39 is 6.04 Å². The van der Waals surface area contributed by atoms with E-state index in [0.717, 1.165) is 0 Å². The minimum absolute atomic E-state index is 0.120. The molecule has 2 N–H and O–H groups in total. The van der Waals surface area contributed by atoms with Gasteiger partial charge >= 0.3 is 0 Å². The first-order valence-electron chi connectivity index (χ1n) is 2.40. The maximum atomic E-state index is 10.8. The predicted molar refractivity (Wildman–Crippen MR) is 38.5 cm³/mol. The van der Waals surface area contributed by atoms with Gasteiger partial charge in [-0.05, 0) is 15.9 Å². The molecule has 3 nitrogen and oxygen atoms in total. The second kappa shape index (κ2) is 2.41. The van der Waals surface area contributed by atoms with Gasteiger partial charge < -0.3 is 5.73 Å². The molecule has 0 radical (unpaired) electrons. The fourth-order valence-corrected chi connectivity index (χ4v) is 0.874. The lowest BCUT2D eigenvalue weighted by molar-refractivity contribution is -0.114. The number of ketones is 1. The van der Waals surface area contributed by atoms with E-state index in [1.54, 1.807) is 0 Å². The lowest BCUT2D eigenvalue weighted by Gasteiger charge is -2.05. The van der Waals surface area contributed by atoms with Gasteiger partial charge in [-0.3, -0.25) is 9.79 Å². The summed E-state index contributed by atoms with van der Waals surface area (Å²) in [6.45, 7) is 0. The molecule has 1 heterocycles. The van der Waals surface area contributed by atoms with E-state index in [1.807, 2.05) is 0 Å². The van der Waals surface area contributed by atoms with Crippen LogP contribution in [0.25, 0.3) is 0 Å². The number of carbonyl (C=O) groups is 1. The second-order valence-electron chi connectivity index (χ2n) is 1.67. The third kappa shape index (κ3) is 1.25. The quantitative estimate of drug-likeness (QED) is 0.591. The molecule has 0 saturated heterocycles. The fraction of sp³-hybridized carbons (Fsp3) is 0.200. The highest BCUT2D eigenvalue weighted by Gasteiger charge is 2.16. The minimum atomic E-state index is -0.565. The average Bonchev–Trinajstić information content (AvgIpc) is 1.83. The van der Waals surface area contributed by atoms with Gasteiger partial charge in [0, 0.05) is 12.4 Å². The molecule has 0 aliphatic carbocycles. The van der Waals surface area contributed by atoms with Gasteiger partial charge in [0.15, 0.2) is 5.78 Å². The molecule has 4 heteroatoms. The smallest absolute Gasteiger partial charge is 0.193 e. The van der Waals surface area contributed by atoms with Crippen molar-refractivity contribution in [2.75, 3.05) is 0 Å². The number of aliphatic imine (C=N–C) groups is 1. The van der Waals surface area contributed by atoms with Crippen molar-refractivity contribution in [3.63, 3.8) is 0 Å². The van der Waals surface area contributed by atoms with Crippen LogP contribution in [-0.2, 0) is 4.79 Å². The Hall–Kier alpha value is -0.480. The van der Waals surface area contributed by atoms with Gasteiger partial charge in [0.1, 0.15) is 6.04 Å².